The summed E-state index contributed by atoms with van der Waals surface area (Å²) in [6.45, 7) is 0.334. The van der Waals surface area contributed by atoms with Crippen LogP contribution in [0.5, 0.6) is 0 Å². The van der Waals surface area contributed by atoms with Gasteiger partial charge in [-0.1, -0.05) is 38.5 Å². The molecule has 1 atom stereocenters. The molecule has 2 heteroatoms. The molecule has 94 valence electrons. The van der Waals surface area contributed by atoms with E-state index in [1.165, 1.54) is 64.2 Å². The van der Waals surface area contributed by atoms with E-state index in [0.717, 1.165) is 5.92 Å². The largest absolute Gasteiger partial charge is 0.395 e. The molecule has 0 spiro atoms. The number of aliphatic hydroxyl groups is 1. The van der Waals surface area contributed by atoms with Crippen LogP contribution < -0.4 is 5.32 Å². The smallest absolute Gasteiger partial charge is 0.0587 e. The average Bonchev–Trinajstić information content (AvgIpc) is 2.71. The minimum absolute atomic E-state index is 0.334. The monoisotopic (exact) mass is 225 g/mol. The van der Waals surface area contributed by atoms with Crippen LogP contribution in [0.2, 0.25) is 0 Å². The molecule has 2 rings (SSSR count). The van der Waals surface area contributed by atoms with Gasteiger partial charge in [0, 0.05) is 12.1 Å². The van der Waals surface area contributed by atoms with E-state index in [4.69, 9.17) is 0 Å². The van der Waals surface area contributed by atoms with E-state index < -0.39 is 0 Å². The highest BCUT2D eigenvalue weighted by Gasteiger charge is 2.26. The van der Waals surface area contributed by atoms with E-state index in [1.54, 1.807) is 0 Å². The molecule has 0 heterocycles. The SMILES string of the molecule is OCC(NC1CCCCCC1)C1CCCC1. The van der Waals surface area contributed by atoms with Crippen molar-refractivity contribution in [3.8, 4) is 0 Å². The van der Waals surface area contributed by atoms with Crippen LogP contribution in [0.25, 0.3) is 0 Å². The fraction of sp³-hybridized carbons (Fsp3) is 1.00. The fourth-order valence-electron chi connectivity index (χ4n) is 3.45. The van der Waals surface area contributed by atoms with Gasteiger partial charge in [0.2, 0.25) is 0 Å². The second-order valence-corrected chi connectivity index (χ2v) is 5.69. The Morgan fingerprint density at radius 3 is 2.00 bits per heavy atom. The maximum absolute atomic E-state index is 9.52. The maximum atomic E-state index is 9.52. The van der Waals surface area contributed by atoms with Crippen LogP contribution in [-0.4, -0.2) is 23.8 Å². The molecule has 2 aliphatic rings. The first kappa shape index (κ1) is 12.4. The Labute approximate surface area is 99.8 Å². The molecule has 2 saturated carbocycles. The van der Waals surface area contributed by atoms with Crippen molar-refractivity contribution in [2.24, 2.45) is 5.92 Å². The zero-order valence-corrected chi connectivity index (χ0v) is 10.5. The van der Waals surface area contributed by atoms with Gasteiger partial charge in [-0.15, -0.1) is 0 Å². The quantitative estimate of drug-likeness (QED) is 0.721. The molecular weight excluding hydrogens is 198 g/mol. The van der Waals surface area contributed by atoms with Crippen molar-refractivity contribution in [3.05, 3.63) is 0 Å². The van der Waals surface area contributed by atoms with Gasteiger partial charge in [-0.2, -0.15) is 0 Å². The Hall–Kier alpha value is -0.0800. The number of hydrogen-bond donors (Lipinski definition) is 2. The summed E-state index contributed by atoms with van der Waals surface area (Å²) in [7, 11) is 0. The third-order valence-electron chi connectivity index (χ3n) is 4.47. The third kappa shape index (κ3) is 3.46. The van der Waals surface area contributed by atoms with Gasteiger partial charge >= 0.3 is 0 Å². The molecule has 0 amide bonds. The van der Waals surface area contributed by atoms with Crippen molar-refractivity contribution in [1.82, 2.24) is 5.32 Å². The maximum Gasteiger partial charge on any atom is 0.0587 e. The number of rotatable bonds is 4. The van der Waals surface area contributed by atoms with Gasteiger partial charge in [0.05, 0.1) is 6.61 Å². The lowest BCUT2D eigenvalue weighted by atomic mass is 9.96. The summed E-state index contributed by atoms with van der Waals surface area (Å²) < 4.78 is 0. The highest BCUT2D eigenvalue weighted by Crippen LogP contribution is 2.28. The molecule has 0 aliphatic heterocycles. The van der Waals surface area contributed by atoms with E-state index in [1.807, 2.05) is 0 Å². The van der Waals surface area contributed by atoms with Gasteiger partial charge in [-0.25, -0.2) is 0 Å². The summed E-state index contributed by atoms with van der Waals surface area (Å²) >= 11 is 0. The third-order valence-corrected chi connectivity index (χ3v) is 4.47. The fourth-order valence-corrected chi connectivity index (χ4v) is 3.45. The molecular formula is C14H27NO. The lowest BCUT2D eigenvalue weighted by Crippen LogP contribution is -2.44. The van der Waals surface area contributed by atoms with E-state index in [-0.39, 0.29) is 0 Å². The van der Waals surface area contributed by atoms with Crippen LogP contribution in [0.1, 0.15) is 64.2 Å². The molecule has 0 aromatic heterocycles. The van der Waals surface area contributed by atoms with E-state index in [0.29, 0.717) is 18.7 Å². The topological polar surface area (TPSA) is 32.3 Å². The lowest BCUT2D eigenvalue weighted by molar-refractivity contribution is 0.183. The second kappa shape index (κ2) is 6.61. The van der Waals surface area contributed by atoms with Crippen LogP contribution in [0.15, 0.2) is 0 Å². The molecule has 2 nitrogen and oxygen atoms in total. The first-order valence-corrected chi connectivity index (χ1v) is 7.27. The van der Waals surface area contributed by atoms with Gasteiger partial charge in [0.15, 0.2) is 0 Å². The molecule has 0 saturated heterocycles. The molecule has 0 aromatic carbocycles. The Balaban J connectivity index is 1.79. The van der Waals surface area contributed by atoms with Crippen molar-refractivity contribution in [1.29, 1.82) is 0 Å². The summed E-state index contributed by atoms with van der Waals surface area (Å²) in [5.41, 5.74) is 0. The van der Waals surface area contributed by atoms with Crippen molar-refractivity contribution >= 4 is 0 Å². The molecule has 1 unspecified atom stereocenters. The zero-order valence-electron chi connectivity index (χ0n) is 10.5. The number of nitrogens with one attached hydrogen (secondary N) is 1. The summed E-state index contributed by atoms with van der Waals surface area (Å²) in [4.78, 5) is 0. The van der Waals surface area contributed by atoms with E-state index >= 15 is 0 Å². The van der Waals surface area contributed by atoms with Gasteiger partial charge < -0.3 is 10.4 Å². The molecule has 2 N–H and O–H groups in total. The average molecular weight is 225 g/mol. The van der Waals surface area contributed by atoms with Gasteiger partial charge in [-0.05, 0) is 31.6 Å². The standard InChI is InChI=1S/C14H27NO/c16-11-14(12-7-5-6-8-12)15-13-9-3-1-2-4-10-13/h12-16H,1-11H2. The Bertz CT molecular complexity index is 181. The predicted octanol–water partition coefficient (Wildman–Crippen LogP) is 2.85. The van der Waals surface area contributed by atoms with Crippen LogP contribution >= 0.6 is 0 Å². The molecule has 0 bridgehead atoms. The molecule has 0 radical (unpaired) electrons. The second-order valence-electron chi connectivity index (χ2n) is 5.69. The first-order chi connectivity index (χ1) is 7.90. The zero-order chi connectivity index (χ0) is 11.2. The first-order valence-electron chi connectivity index (χ1n) is 7.27. The number of aliphatic hydroxyl groups excluding tert-OH is 1. The van der Waals surface area contributed by atoms with Gasteiger partial charge in [0.1, 0.15) is 0 Å². The summed E-state index contributed by atoms with van der Waals surface area (Å²) in [6, 6.07) is 1.06. The Morgan fingerprint density at radius 2 is 1.44 bits per heavy atom. The van der Waals surface area contributed by atoms with Crippen molar-refractivity contribution in [2.75, 3.05) is 6.61 Å². The highest BCUT2D eigenvalue weighted by molar-refractivity contribution is 4.83. The lowest BCUT2D eigenvalue weighted by Gasteiger charge is -2.28. The van der Waals surface area contributed by atoms with Gasteiger partial charge in [0.25, 0.3) is 0 Å². The van der Waals surface area contributed by atoms with Crippen molar-refractivity contribution < 1.29 is 5.11 Å². The van der Waals surface area contributed by atoms with Crippen LogP contribution in [-0.2, 0) is 0 Å². The molecule has 0 aromatic rings. The summed E-state index contributed by atoms with van der Waals surface area (Å²) in [5.74, 6) is 0.744. The van der Waals surface area contributed by atoms with Crippen molar-refractivity contribution in [3.63, 3.8) is 0 Å². The van der Waals surface area contributed by atoms with Crippen LogP contribution in [0, 0.1) is 5.92 Å². The molecule has 2 aliphatic carbocycles. The Kier molecular flexibility index (Phi) is 5.11. The van der Waals surface area contributed by atoms with Gasteiger partial charge in [-0.3, -0.25) is 0 Å². The minimum atomic E-state index is 0.334. The molecule has 16 heavy (non-hydrogen) atoms. The molecule has 2 fully saturated rings. The normalized spacial score (nSPS) is 26.8. The van der Waals surface area contributed by atoms with Crippen molar-refractivity contribution in [2.45, 2.75) is 76.3 Å². The summed E-state index contributed by atoms with van der Waals surface area (Å²) in [5, 5.41) is 13.3. The Morgan fingerprint density at radius 1 is 0.875 bits per heavy atom. The van der Waals surface area contributed by atoms with E-state index in [9.17, 15) is 5.11 Å². The summed E-state index contributed by atoms with van der Waals surface area (Å²) in [6.07, 6.45) is 13.6. The van der Waals surface area contributed by atoms with E-state index in [2.05, 4.69) is 5.32 Å². The van der Waals surface area contributed by atoms with Crippen LogP contribution in [0.4, 0.5) is 0 Å². The highest BCUT2D eigenvalue weighted by atomic mass is 16.3. The van der Waals surface area contributed by atoms with Crippen LogP contribution in [0.3, 0.4) is 0 Å². The number of hydrogen-bond acceptors (Lipinski definition) is 2. The minimum Gasteiger partial charge on any atom is -0.395 e. The predicted molar refractivity (Wildman–Crippen MR) is 67.5 cm³/mol.